The largest absolute Gasteiger partial charge is 0.489 e. The predicted octanol–water partition coefficient (Wildman–Crippen LogP) is 3.71. The summed E-state index contributed by atoms with van der Waals surface area (Å²) in [5.74, 6) is 0.780. The molecule has 2 aromatic rings. The Morgan fingerprint density at radius 2 is 1.86 bits per heavy atom. The van der Waals surface area contributed by atoms with Crippen molar-refractivity contribution in [1.29, 1.82) is 0 Å². The highest BCUT2D eigenvalue weighted by molar-refractivity contribution is 5.68. The van der Waals surface area contributed by atoms with Gasteiger partial charge in [-0.25, -0.2) is 9.48 Å². The normalized spacial score (nSPS) is 17.9. The molecule has 0 atom stereocenters. The van der Waals surface area contributed by atoms with Crippen molar-refractivity contribution in [3.8, 4) is 17.1 Å². The average molecular weight is 399 g/mol. The molecule has 4 rings (SSSR count). The Balaban J connectivity index is 1.40. The Hall–Kier alpha value is -2.64. The molecule has 0 bridgehead atoms. The lowest BCUT2D eigenvalue weighted by Crippen LogP contribution is -2.36. The molecule has 2 aliphatic rings. The SMILES string of the molecule is Cn1nnc(-c2ccc(OC3CCCCC3)cn2)c1COC(=O)N1CCCCC1. The maximum absolute atomic E-state index is 12.3. The van der Waals surface area contributed by atoms with Gasteiger partial charge in [-0.05, 0) is 57.1 Å². The highest BCUT2D eigenvalue weighted by atomic mass is 16.6. The van der Waals surface area contributed by atoms with E-state index in [0.717, 1.165) is 50.2 Å². The smallest absolute Gasteiger partial charge is 0.410 e. The Bertz CT molecular complexity index is 808. The van der Waals surface area contributed by atoms with Crippen LogP contribution in [0.4, 0.5) is 4.79 Å². The summed E-state index contributed by atoms with van der Waals surface area (Å²) < 4.78 is 13.2. The van der Waals surface area contributed by atoms with Crippen LogP contribution in [0.15, 0.2) is 18.3 Å². The first kappa shape index (κ1) is 19.7. The van der Waals surface area contributed by atoms with E-state index in [-0.39, 0.29) is 18.8 Å². The van der Waals surface area contributed by atoms with E-state index >= 15 is 0 Å². The number of ether oxygens (including phenoxy) is 2. The summed E-state index contributed by atoms with van der Waals surface area (Å²) >= 11 is 0. The minimum Gasteiger partial charge on any atom is -0.489 e. The molecule has 3 heterocycles. The minimum atomic E-state index is -0.277. The molecule has 0 aromatic carbocycles. The van der Waals surface area contributed by atoms with E-state index < -0.39 is 0 Å². The van der Waals surface area contributed by atoms with Gasteiger partial charge in [0, 0.05) is 20.1 Å². The van der Waals surface area contributed by atoms with Crippen molar-refractivity contribution < 1.29 is 14.3 Å². The van der Waals surface area contributed by atoms with Gasteiger partial charge in [0.1, 0.15) is 23.7 Å². The van der Waals surface area contributed by atoms with E-state index in [9.17, 15) is 4.79 Å². The predicted molar refractivity (Wildman–Crippen MR) is 107 cm³/mol. The number of carbonyl (C=O) groups is 1. The van der Waals surface area contributed by atoms with E-state index in [1.165, 1.54) is 25.7 Å². The van der Waals surface area contributed by atoms with Crippen LogP contribution in [0.5, 0.6) is 5.75 Å². The average Bonchev–Trinajstić information content (AvgIpc) is 3.14. The van der Waals surface area contributed by atoms with Crippen LogP contribution < -0.4 is 4.74 Å². The second-order valence-electron chi connectivity index (χ2n) is 7.87. The Kier molecular flexibility index (Phi) is 6.27. The molecule has 1 aliphatic heterocycles. The van der Waals surface area contributed by atoms with Gasteiger partial charge in [0.25, 0.3) is 0 Å². The number of nitrogens with zero attached hydrogens (tertiary/aromatic N) is 5. The fourth-order valence-electron chi connectivity index (χ4n) is 4.00. The maximum Gasteiger partial charge on any atom is 0.410 e. The van der Waals surface area contributed by atoms with Crippen LogP contribution in [0.2, 0.25) is 0 Å². The molecule has 0 unspecified atom stereocenters. The number of hydrogen-bond acceptors (Lipinski definition) is 6. The second kappa shape index (κ2) is 9.24. The molecule has 0 N–H and O–H groups in total. The fraction of sp³-hybridized carbons (Fsp3) is 0.619. The third-order valence-electron chi connectivity index (χ3n) is 5.72. The lowest BCUT2D eigenvalue weighted by molar-refractivity contribution is 0.0876. The molecule has 29 heavy (non-hydrogen) atoms. The third kappa shape index (κ3) is 4.86. The van der Waals surface area contributed by atoms with E-state index in [1.807, 2.05) is 12.1 Å². The Morgan fingerprint density at radius 1 is 1.10 bits per heavy atom. The molecule has 8 heteroatoms. The van der Waals surface area contributed by atoms with Gasteiger partial charge < -0.3 is 14.4 Å². The van der Waals surface area contributed by atoms with E-state index in [4.69, 9.17) is 9.47 Å². The zero-order valence-electron chi connectivity index (χ0n) is 17.0. The summed E-state index contributed by atoms with van der Waals surface area (Å²) in [5.41, 5.74) is 2.05. The van der Waals surface area contributed by atoms with Gasteiger partial charge in [-0.15, -0.1) is 5.10 Å². The highest BCUT2D eigenvalue weighted by Crippen LogP contribution is 2.25. The minimum absolute atomic E-state index is 0.121. The molecular weight excluding hydrogens is 370 g/mol. The summed E-state index contributed by atoms with van der Waals surface area (Å²) in [5, 5.41) is 8.32. The van der Waals surface area contributed by atoms with Crippen molar-refractivity contribution in [2.24, 2.45) is 7.05 Å². The number of amides is 1. The summed E-state index contributed by atoms with van der Waals surface area (Å²) in [6.45, 7) is 1.65. The van der Waals surface area contributed by atoms with E-state index in [2.05, 4.69) is 15.3 Å². The van der Waals surface area contributed by atoms with Gasteiger partial charge in [-0.2, -0.15) is 0 Å². The van der Waals surface area contributed by atoms with Gasteiger partial charge in [-0.1, -0.05) is 11.6 Å². The maximum atomic E-state index is 12.3. The number of pyridine rings is 1. The number of aromatic nitrogens is 4. The lowest BCUT2D eigenvalue weighted by atomic mass is 9.98. The monoisotopic (exact) mass is 399 g/mol. The zero-order valence-corrected chi connectivity index (χ0v) is 17.0. The number of hydrogen-bond donors (Lipinski definition) is 0. The molecule has 1 saturated heterocycles. The van der Waals surface area contributed by atoms with Crippen LogP contribution in [-0.2, 0) is 18.4 Å². The first-order chi connectivity index (χ1) is 14.2. The molecule has 1 amide bonds. The highest BCUT2D eigenvalue weighted by Gasteiger charge is 2.21. The van der Waals surface area contributed by atoms with Crippen LogP contribution in [0.1, 0.15) is 57.1 Å². The molecule has 0 radical (unpaired) electrons. The number of carbonyl (C=O) groups excluding carboxylic acids is 1. The van der Waals surface area contributed by atoms with Crippen LogP contribution in [0, 0.1) is 0 Å². The van der Waals surface area contributed by atoms with Gasteiger partial charge in [0.15, 0.2) is 0 Å². The summed E-state index contributed by atoms with van der Waals surface area (Å²) in [4.78, 5) is 18.6. The number of rotatable bonds is 5. The topological polar surface area (TPSA) is 82.4 Å². The van der Waals surface area contributed by atoms with Crippen LogP contribution in [0.3, 0.4) is 0 Å². The van der Waals surface area contributed by atoms with Crippen molar-refractivity contribution in [2.75, 3.05) is 13.1 Å². The number of aryl methyl sites for hydroxylation is 1. The summed E-state index contributed by atoms with van der Waals surface area (Å²) in [6.07, 6.45) is 11.0. The molecule has 0 spiro atoms. The Labute approximate surface area is 171 Å². The van der Waals surface area contributed by atoms with Crippen molar-refractivity contribution >= 4 is 6.09 Å². The first-order valence-corrected chi connectivity index (χ1v) is 10.6. The Morgan fingerprint density at radius 3 is 2.59 bits per heavy atom. The third-order valence-corrected chi connectivity index (χ3v) is 5.72. The summed E-state index contributed by atoms with van der Waals surface area (Å²) in [7, 11) is 1.79. The quantitative estimate of drug-likeness (QED) is 0.762. The molecule has 2 fully saturated rings. The van der Waals surface area contributed by atoms with Gasteiger partial charge in [0.2, 0.25) is 0 Å². The van der Waals surface area contributed by atoms with E-state index in [0.29, 0.717) is 11.4 Å². The zero-order chi connectivity index (χ0) is 20.1. The summed E-state index contributed by atoms with van der Waals surface area (Å²) in [6, 6.07) is 3.81. The van der Waals surface area contributed by atoms with Gasteiger partial charge in [0.05, 0.1) is 18.0 Å². The van der Waals surface area contributed by atoms with Crippen molar-refractivity contribution in [2.45, 2.75) is 64.1 Å². The molecule has 1 saturated carbocycles. The van der Waals surface area contributed by atoms with Gasteiger partial charge in [-0.3, -0.25) is 4.98 Å². The van der Waals surface area contributed by atoms with E-state index in [1.54, 1.807) is 22.8 Å². The lowest BCUT2D eigenvalue weighted by Gasteiger charge is -2.25. The van der Waals surface area contributed by atoms with Crippen molar-refractivity contribution in [3.63, 3.8) is 0 Å². The van der Waals surface area contributed by atoms with Crippen LogP contribution in [-0.4, -0.2) is 50.2 Å². The van der Waals surface area contributed by atoms with Crippen LogP contribution >= 0.6 is 0 Å². The van der Waals surface area contributed by atoms with Crippen LogP contribution in [0.25, 0.3) is 11.4 Å². The van der Waals surface area contributed by atoms with Crippen molar-refractivity contribution in [3.05, 3.63) is 24.0 Å². The molecule has 8 nitrogen and oxygen atoms in total. The molecule has 156 valence electrons. The molecule has 1 aliphatic carbocycles. The standard InChI is InChI=1S/C21H29N5O3/c1-25-19(15-28-21(27)26-12-6-3-7-13-26)20(23-24-25)18-11-10-17(14-22-18)29-16-8-4-2-5-9-16/h10-11,14,16H,2-9,12-13,15H2,1H3. The number of likely N-dealkylation sites (tertiary alicyclic amines) is 1. The van der Waals surface area contributed by atoms with Crippen molar-refractivity contribution in [1.82, 2.24) is 24.9 Å². The molecular formula is C21H29N5O3. The second-order valence-corrected chi connectivity index (χ2v) is 7.87. The molecule has 2 aromatic heterocycles. The van der Waals surface area contributed by atoms with Gasteiger partial charge >= 0.3 is 6.09 Å². The fourth-order valence-corrected chi connectivity index (χ4v) is 4.00. The first-order valence-electron chi connectivity index (χ1n) is 10.6. The number of piperidine rings is 1.